The SMILES string of the molecule is COc1ccc2c(c1)S(=O)(=O)CC(C)(C)N2. The number of sulfone groups is 1. The van der Waals surface area contributed by atoms with Crippen molar-refractivity contribution in [3.63, 3.8) is 0 Å². The molecule has 1 aliphatic rings. The Bertz CT molecular complexity index is 520. The maximum Gasteiger partial charge on any atom is 0.182 e. The number of fused-ring (bicyclic) bond motifs is 1. The van der Waals surface area contributed by atoms with Crippen molar-refractivity contribution in [2.75, 3.05) is 18.2 Å². The van der Waals surface area contributed by atoms with E-state index in [1.807, 2.05) is 13.8 Å². The maximum absolute atomic E-state index is 12.1. The Kier molecular flexibility index (Phi) is 2.38. The first-order valence-corrected chi connectivity index (χ1v) is 6.68. The molecule has 1 aromatic carbocycles. The van der Waals surface area contributed by atoms with E-state index in [0.717, 1.165) is 0 Å². The van der Waals surface area contributed by atoms with E-state index in [4.69, 9.17) is 4.74 Å². The van der Waals surface area contributed by atoms with E-state index in [1.54, 1.807) is 18.2 Å². The lowest BCUT2D eigenvalue weighted by atomic mass is 10.1. The number of nitrogens with one attached hydrogen (secondary N) is 1. The van der Waals surface area contributed by atoms with Gasteiger partial charge >= 0.3 is 0 Å². The van der Waals surface area contributed by atoms with Crippen molar-refractivity contribution in [1.29, 1.82) is 0 Å². The van der Waals surface area contributed by atoms with Crippen molar-refractivity contribution in [3.05, 3.63) is 18.2 Å². The van der Waals surface area contributed by atoms with Gasteiger partial charge in [-0.2, -0.15) is 0 Å². The minimum atomic E-state index is -3.22. The molecule has 0 saturated carbocycles. The van der Waals surface area contributed by atoms with Gasteiger partial charge < -0.3 is 10.1 Å². The third-order valence-electron chi connectivity index (χ3n) is 2.55. The van der Waals surface area contributed by atoms with E-state index in [2.05, 4.69) is 5.32 Å². The van der Waals surface area contributed by atoms with Gasteiger partial charge in [0.15, 0.2) is 9.84 Å². The normalized spacial score (nSPS) is 20.7. The largest absolute Gasteiger partial charge is 0.497 e. The smallest absolute Gasteiger partial charge is 0.182 e. The number of anilines is 1. The summed E-state index contributed by atoms with van der Waals surface area (Å²) in [5.74, 6) is 0.656. The molecule has 1 aromatic rings. The zero-order chi connectivity index (χ0) is 12.0. The van der Waals surface area contributed by atoms with Crippen LogP contribution in [-0.2, 0) is 9.84 Å². The van der Waals surface area contributed by atoms with E-state index in [0.29, 0.717) is 16.3 Å². The van der Waals surface area contributed by atoms with Crippen LogP contribution in [0.4, 0.5) is 5.69 Å². The van der Waals surface area contributed by atoms with Crippen LogP contribution in [0.5, 0.6) is 5.75 Å². The molecule has 0 radical (unpaired) electrons. The van der Waals surface area contributed by atoms with Gasteiger partial charge in [-0.25, -0.2) is 8.42 Å². The van der Waals surface area contributed by atoms with Gasteiger partial charge in [-0.3, -0.25) is 0 Å². The minimum Gasteiger partial charge on any atom is -0.497 e. The number of hydrogen-bond acceptors (Lipinski definition) is 4. The molecule has 0 amide bonds. The molecule has 0 aliphatic carbocycles. The van der Waals surface area contributed by atoms with Crippen LogP contribution in [0.2, 0.25) is 0 Å². The Hall–Kier alpha value is -1.23. The number of benzene rings is 1. The van der Waals surface area contributed by atoms with Crippen LogP contribution in [0.25, 0.3) is 0 Å². The topological polar surface area (TPSA) is 55.4 Å². The fraction of sp³-hybridized carbons (Fsp3) is 0.455. The summed E-state index contributed by atoms with van der Waals surface area (Å²) in [6, 6.07) is 5.06. The zero-order valence-corrected chi connectivity index (χ0v) is 10.4. The molecule has 88 valence electrons. The number of rotatable bonds is 1. The van der Waals surface area contributed by atoms with Gasteiger partial charge in [0.25, 0.3) is 0 Å². The summed E-state index contributed by atoms with van der Waals surface area (Å²) in [6.07, 6.45) is 0. The van der Waals surface area contributed by atoms with Gasteiger partial charge in [0.05, 0.1) is 23.4 Å². The molecule has 0 bridgehead atoms. The standard InChI is InChI=1S/C11H15NO3S/c1-11(2)7-16(13,14)10-6-8(15-3)4-5-9(10)12-11/h4-6,12H,7H2,1-3H3. The second-order valence-corrected chi connectivity index (χ2v) is 6.59. The molecule has 0 unspecified atom stereocenters. The van der Waals surface area contributed by atoms with E-state index in [1.165, 1.54) is 7.11 Å². The molecule has 2 rings (SSSR count). The Morgan fingerprint density at radius 2 is 2.06 bits per heavy atom. The van der Waals surface area contributed by atoms with Crippen LogP contribution in [0.15, 0.2) is 23.1 Å². The van der Waals surface area contributed by atoms with Crippen LogP contribution in [-0.4, -0.2) is 26.8 Å². The second-order valence-electron chi connectivity index (χ2n) is 4.63. The van der Waals surface area contributed by atoms with Crippen molar-refractivity contribution < 1.29 is 13.2 Å². The lowest BCUT2D eigenvalue weighted by molar-refractivity contribution is 0.413. The van der Waals surface area contributed by atoms with Crippen molar-refractivity contribution in [1.82, 2.24) is 0 Å². The number of hydrogen-bond donors (Lipinski definition) is 1. The number of ether oxygens (including phenoxy) is 1. The third-order valence-corrected chi connectivity index (χ3v) is 4.66. The third kappa shape index (κ3) is 1.87. The highest BCUT2D eigenvalue weighted by Crippen LogP contribution is 2.34. The fourth-order valence-electron chi connectivity index (χ4n) is 1.94. The maximum atomic E-state index is 12.1. The summed E-state index contributed by atoms with van der Waals surface area (Å²) in [6.45, 7) is 3.75. The van der Waals surface area contributed by atoms with Crippen LogP contribution in [0, 0.1) is 0 Å². The van der Waals surface area contributed by atoms with Crippen molar-refractivity contribution in [3.8, 4) is 5.75 Å². The van der Waals surface area contributed by atoms with Crippen LogP contribution >= 0.6 is 0 Å². The lowest BCUT2D eigenvalue weighted by Crippen LogP contribution is -2.42. The van der Waals surface area contributed by atoms with Crippen molar-refractivity contribution in [2.45, 2.75) is 24.3 Å². The van der Waals surface area contributed by atoms with E-state index in [-0.39, 0.29) is 5.75 Å². The molecule has 0 aromatic heterocycles. The summed E-state index contributed by atoms with van der Waals surface area (Å²) in [5, 5.41) is 3.21. The van der Waals surface area contributed by atoms with Crippen molar-refractivity contribution in [2.24, 2.45) is 0 Å². The van der Waals surface area contributed by atoms with Crippen LogP contribution < -0.4 is 10.1 Å². The predicted octanol–water partition coefficient (Wildman–Crippen LogP) is 1.67. The molecule has 0 saturated heterocycles. The molecule has 0 fully saturated rings. The molecule has 1 aliphatic heterocycles. The monoisotopic (exact) mass is 241 g/mol. The predicted molar refractivity (Wildman–Crippen MR) is 62.7 cm³/mol. The first-order chi connectivity index (χ1) is 7.34. The Labute approximate surface area is 95.5 Å². The summed E-state index contributed by atoms with van der Waals surface area (Å²) >= 11 is 0. The van der Waals surface area contributed by atoms with E-state index < -0.39 is 15.4 Å². The zero-order valence-electron chi connectivity index (χ0n) is 9.57. The molecular formula is C11H15NO3S. The summed E-state index contributed by atoms with van der Waals surface area (Å²) in [7, 11) is -1.70. The number of methoxy groups -OCH3 is 1. The molecule has 4 nitrogen and oxygen atoms in total. The molecule has 0 spiro atoms. The van der Waals surface area contributed by atoms with E-state index >= 15 is 0 Å². The fourth-order valence-corrected chi connectivity index (χ4v) is 3.87. The van der Waals surface area contributed by atoms with Gasteiger partial charge in [0.2, 0.25) is 0 Å². The van der Waals surface area contributed by atoms with Gasteiger partial charge in [-0.05, 0) is 26.0 Å². The Morgan fingerprint density at radius 1 is 1.38 bits per heavy atom. The van der Waals surface area contributed by atoms with Gasteiger partial charge in [-0.15, -0.1) is 0 Å². The molecule has 0 atom stereocenters. The molecule has 5 heteroatoms. The van der Waals surface area contributed by atoms with Gasteiger partial charge in [0.1, 0.15) is 5.75 Å². The summed E-state index contributed by atoms with van der Waals surface area (Å²) < 4.78 is 29.2. The molecule has 1 heterocycles. The first kappa shape index (κ1) is 11.3. The Balaban J connectivity index is 2.61. The van der Waals surface area contributed by atoms with E-state index in [9.17, 15) is 8.42 Å². The van der Waals surface area contributed by atoms with Gasteiger partial charge in [-0.1, -0.05) is 0 Å². The first-order valence-electron chi connectivity index (χ1n) is 5.03. The highest BCUT2D eigenvalue weighted by Gasteiger charge is 2.35. The quantitative estimate of drug-likeness (QED) is 0.812. The second kappa shape index (κ2) is 3.38. The average molecular weight is 241 g/mol. The Morgan fingerprint density at radius 3 is 2.69 bits per heavy atom. The minimum absolute atomic E-state index is 0.0974. The van der Waals surface area contributed by atoms with Crippen molar-refractivity contribution >= 4 is 15.5 Å². The van der Waals surface area contributed by atoms with Crippen LogP contribution in [0.1, 0.15) is 13.8 Å². The molecule has 16 heavy (non-hydrogen) atoms. The molecule has 1 N–H and O–H groups in total. The lowest BCUT2D eigenvalue weighted by Gasteiger charge is -2.33. The summed E-state index contributed by atoms with van der Waals surface area (Å²) in [5.41, 5.74) is 0.220. The highest BCUT2D eigenvalue weighted by atomic mass is 32.2. The average Bonchev–Trinajstić information content (AvgIpc) is 2.14. The van der Waals surface area contributed by atoms with Gasteiger partial charge in [0, 0.05) is 11.6 Å². The summed E-state index contributed by atoms with van der Waals surface area (Å²) in [4.78, 5) is 0.325. The molecular weight excluding hydrogens is 226 g/mol. The highest BCUT2D eigenvalue weighted by molar-refractivity contribution is 7.91. The van der Waals surface area contributed by atoms with Crippen LogP contribution in [0.3, 0.4) is 0 Å².